The van der Waals surface area contributed by atoms with E-state index >= 15 is 0 Å². The van der Waals surface area contributed by atoms with Crippen LogP contribution in [0, 0.1) is 28.6 Å². The summed E-state index contributed by atoms with van der Waals surface area (Å²) in [4.78, 5) is 0. The molecule has 0 bridgehead atoms. The van der Waals surface area contributed by atoms with Gasteiger partial charge in [0, 0.05) is 6.54 Å². The molecular weight excluding hydrogens is 126 g/mol. The lowest BCUT2D eigenvalue weighted by molar-refractivity contribution is 0.400. The van der Waals surface area contributed by atoms with Crippen molar-refractivity contribution < 1.29 is 0 Å². The third kappa shape index (κ3) is 1.46. The Hall–Kier alpha value is -1.06. The zero-order valence-corrected chi connectivity index (χ0v) is 5.67. The maximum Gasteiger partial charge on any atom is 0.0953 e. The highest BCUT2D eigenvalue weighted by Crippen LogP contribution is 2.12. The van der Waals surface area contributed by atoms with E-state index in [4.69, 9.17) is 10.5 Å². The molecule has 0 spiro atoms. The fraction of sp³-hybridized carbons (Fsp3) is 0.714. The van der Waals surface area contributed by atoms with Crippen LogP contribution < -0.4 is 5.32 Å². The lowest BCUT2D eigenvalue weighted by Crippen LogP contribution is -2.37. The number of hydrogen-bond donors (Lipinski definition) is 1. The summed E-state index contributed by atoms with van der Waals surface area (Å²) in [6.07, 6.45) is 1.68. The molecule has 1 heterocycles. The van der Waals surface area contributed by atoms with Crippen molar-refractivity contribution in [2.75, 3.05) is 6.54 Å². The monoisotopic (exact) mass is 135 g/mol. The van der Waals surface area contributed by atoms with E-state index in [1.807, 2.05) is 0 Å². The van der Waals surface area contributed by atoms with Crippen LogP contribution in [0.3, 0.4) is 0 Å². The molecule has 0 aromatic rings. The van der Waals surface area contributed by atoms with Gasteiger partial charge in [0.05, 0.1) is 24.1 Å². The maximum absolute atomic E-state index is 8.48. The van der Waals surface area contributed by atoms with Gasteiger partial charge in [0.1, 0.15) is 0 Å². The molecule has 1 fully saturated rings. The molecule has 1 aliphatic rings. The van der Waals surface area contributed by atoms with Crippen LogP contribution in [0.4, 0.5) is 0 Å². The summed E-state index contributed by atoms with van der Waals surface area (Å²) < 4.78 is 0. The zero-order chi connectivity index (χ0) is 7.40. The molecule has 1 saturated heterocycles. The molecule has 2 atom stereocenters. The van der Waals surface area contributed by atoms with Crippen LogP contribution in [0.2, 0.25) is 0 Å². The van der Waals surface area contributed by atoms with E-state index in [2.05, 4.69) is 17.5 Å². The number of hydrogen-bond acceptors (Lipinski definition) is 3. The zero-order valence-electron chi connectivity index (χ0n) is 5.67. The third-order valence-corrected chi connectivity index (χ3v) is 1.75. The largest absolute Gasteiger partial charge is 0.301 e. The summed E-state index contributed by atoms with van der Waals surface area (Å²) in [6.45, 7) is 0.675. The highest BCUT2D eigenvalue weighted by molar-refractivity contribution is 4.98. The SMILES string of the molecule is N#C[C@@H]1CC[C@@H](C#N)NC1. The molecule has 1 rings (SSSR count). The van der Waals surface area contributed by atoms with Crippen molar-refractivity contribution >= 4 is 0 Å². The Morgan fingerprint density at radius 1 is 1.20 bits per heavy atom. The predicted octanol–water partition coefficient (Wildman–Crippen LogP) is 0.402. The quantitative estimate of drug-likeness (QED) is 0.523. The smallest absolute Gasteiger partial charge is 0.0953 e. The second-order valence-electron chi connectivity index (χ2n) is 2.49. The molecule has 3 heteroatoms. The average molecular weight is 135 g/mol. The van der Waals surface area contributed by atoms with Crippen molar-refractivity contribution in [3.63, 3.8) is 0 Å². The van der Waals surface area contributed by atoms with Gasteiger partial charge in [-0.25, -0.2) is 0 Å². The van der Waals surface area contributed by atoms with Gasteiger partial charge in [-0.2, -0.15) is 10.5 Å². The number of nitrogens with zero attached hydrogens (tertiary/aromatic N) is 2. The van der Waals surface area contributed by atoms with Crippen LogP contribution in [-0.4, -0.2) is 12.6 Å². The van der Waals surface area contributed by atoms with Gasteiger partial charge >= 0.3 is 0 Å². The molecule has 1 aliphatic heterocycles. The molecule has 0 saturated carbocycles. The highest BCUT2D eigenvalue weighted by Gasteiger charge is 2.18. The van der Waals surface area contributed by atoms with E-state index in [-0.39, 0.29) is 12.0 Å². The summed E-state index contributed by atoms with van der Waals surface area (Å²) in [5, 5.41) is 19.9. The fourth-order valence-electron chi connectivity index (χ4n) is 1.08. The Morgan fingerprint density at radius 2 is 2.00 bits per heavy atom. The minimum Gasteiger partial charge on any atom is -0.301 e. The van der Waals surface area contributed by atoms with Crippen LogP contribution in [0.1, 0.15) is 12.8 Å². The Bertz CT molecular complexity index is 156. The van der Waals surface area contributed by atoms with Crippen LogP contribution in [0.5, 0.6) is 0 Å². The van der Waals surface area contributed by atoms with Gasteiger partial charge in [-0.3, -0.25) is 0 Å². The Kier molecular flexibility index (Phi) is 2.25. The molecule has 3 nitrogen and oxygen atoms in total. The Morgan fingerprint density at radius 3 is 2.40 bits per heavy atom. The molecule has 0 amide bonds. The summed E-state index contributed by atoms with van der Waals surface area (Å²) in [5.74, 6) is 0.115. The van der Waals surface area contributed by atoms with Crippen molar-refractivity contribution in [1.82, 2.24) is 5.32 Å². The van der Waals surface area contributed by atoms with E-state index in [1.165, 1.54) is 0 Å². The topological polar surface area (TPSA) is 59.6 Å². The lowest BCUT2D eigenvalue weighted by atomic mass is 9.97. The molecule has 0 aromatic carbocycles. The standard InChI is InChI=1S/C7H9N3/c8-3-6-1-2-7(4-9)10-5-6/h6-7,10H,1-2,5H2/t6-,7-/m0/s1. The van der Waals surface area contributed by atoms with E-state index in [0.29, 0.717) is 6.54 Å². The minimum absolute atomic E-state index is 0.0235. The van der Waals surface area contributed by atoms with Gasteiger partial charge in [0.25, 0.3) is 0 Å². The Balaban J connectivity index is 2.34. The minimum atomic E-state index is -0.0235. The Labute approximate surface area is 60.3 Å². The fourth-order valence-corrected chi connectivity index (χ4v) is 1.08. The van der Waals surface area contributed by atoms with Gasteiger partial charge in [-0.15, -0.1) is 0 Å². The number of piperidine rings is 1. The van der Waals surface area contributed by atoms with E-state index in [9.17, 15) is 0 Å². The van der Waals surface area contributed by atoms with Gasteiger partial charge in [0.15, 0.2) is 0 Å². The predicted molar refractivity (Wildman–Crippen MR) is 35.7 cm³/mol. The molecule has 0 radical (unpaired) electrons. The summed E-state index contributed by atoms with van der Waals surface area (Å²) in [6, 6.07) is 4.28. The van der Waals surface area contributed by atoms with Crippen LogP contribution >= 0.6 is 0 Å². The van der Waals surface area contributed by atoms with Crippen LogP contribution in [0.25, 0.3) is 0 Å². The highest BCUT2D eigenvalue weighted by atomic mass is 14.9. The van der Waals surface area contributed by atoms with Gasteiger partial charge in [-0.1, -0.05) is 0 Å². The second kappa shape index (κ2) is 3.20. The van der Waals surface area contributed by atoms with Gasteiger partial charge in [0.2, 0.25) is 0 Å². The molecule has 0 unspecified atom stereocenters. The third-order valence-electron chi connectivity index (χ3n) is 1.75. The first kappa shape index (κ1) is 7.05. The molecular formula is C7H9N3. The van der Waals surface area contributed by atoms with Crippen LogP contribution in [-0.2, 0) is 0 Å². The summed E-state index contributed by atoms with van der Waals surface area (Å²) in [5.41, 5.74) is 0. The molecule has 10 heavy (non-hydrogen) atoms. The molecule has 0 aromatic heterocycles. The lowest BCUT2D eigenvalue weighted by Gasteiger charge is -2.20. The molecule has 1 N–H and O–H groups in total. The van der Waals surface area contributed by atoms with E-state index in [0.717, 1.165) is 12.8 Å². The van der Waals surface area contributed by atoms with Gasteiger partial charge in [-0.05, 0) is 12.8 Å². The van der Waals surface area contributed by atoms with Crippen molar-refractivity contribution in [2.45, 2.75) is 18.9 Å². The summed E-state index contributed by atoms with van der Waals surface area (Å²) in [7, 11) is 0. The van der Waals surface area contributed by atoms with Crippen molar-refractivity contribution in [3.05, 3.63) is 0 Å². The summed E-state index contributed by atoms with van der Waals surface area (Å²) >= 11 is 0. The van der Waals surface area contributed by atoms with Gasteiger partial charge < -0.3 is 5.32 Å². The number of nitriles is 2. The van der Waals surface area contributed by atoms with E-state index < -0.39 is 0 Å². The molecule has 0 aliphatic carbocycles. The van der Waals surface area contributed by atoms with Crippen molar-refractivity contribution in [3.8, 4) is 12.1 Å². The number of rotatable bonds is 0. The van der Waals surface area contributed by atoms with Crippen molar-refractivity contribution in [1.29, 1.82) is 10.5 Å². The van der Waals surface area contributed by atoms with Crippen molar-refractivity contribution in [2.24, 2.45) is 5.92 Å². The normalized spacial score (nSPS) is 32.2. The van der Waals surface area contributed by atoms with E-state index in [1.54, 1.807) is 0 Å². The average Bonchev–Trinajstić information content (AvgIpc) is 2.05. The maximum atomic E-state index is 8.48. The first-order valence-corrected chi connectivity index (χ1v) is 3.39. The van der Waals surface area contributed by atoms with Crippen LogP contribution in [0.15, 0.2) is 0 Å². The second-order valence-corrected chi connectivity index (χ2v) is 2.49. The first-order valence-electron chi connectivity index (χ1n) is 3.39. The first-order chi connectivity index (χ1) is 4.86. The number of nitrogens with one attached hydrogen (secondary N) is 1. The molecule has 52 valence electrons.